The Morgan fingerprint density at radius 2 is 1.71 bits per heavy atom. The Labute approximate surface area is 251 Å². The summed E-state index contributed by atoms with van der Waals surface area (Å²) in [6, 6.07) is 9.36. The van der Waals surface area contributed by atoms with Gasteiger partial charge in [-0.15, -0.1) is 0 Å². The minimum absolute atomic E-state index is 0.0106. The van der Waals surface area contributed by atoms with Crippen LogP contribution in [0.4, 0.5) is 0 Å². The molecule has 2 atom stereocenters. The Hall–Kier alpha value is -2.85. The van der Waals surface area contributed by atoms with Gasteiger partial charge in [0.1, 0.15) is 29.2 Å². The first kappa shape index (κ1) is 34.4. The molecule has 0 radical (unpaired) electrons. The molecule has 2 rings (SSSR count). The van der Waals surface area contributed by atoms with E-state index >= 15 is 0 Å². The summed E-state index contributed by atoms with van der Waals surface area (Å²) in [4.78, 5) is 36.9. The molecule has 0 saturated carbocycles. The molecule has 0 aliphatic heterocycles. The minimum atomic E-state index is -1.03. The standard InChI is InChI=1S/C30H40Cl2N2O7/c1-29(2,3)40-23(33-14-15-35)13-10-16-39-26-21(31)18-20(25(36)24(26)32)27(37)34-22(28(38)41-30(4,5)6)17-19-11-8-7-9-12-19/h7-9,11-12,15,18,22-23,33,36H,10,13-14,16-17H2,1-6H3,(H,34,37)/t22-,23?/m0/s1. The fraction of sp³-hybridized carbons (Fsp3) is 0.500. The largest absolute Gasteiger partial charge is 0.505 e. The summed E-state index contributed by atoms with van der Waals surface area (Å²) in [5.74, 6) is -1.90. The number of esters is 1. The molecule has 2 aromatic carbocycles. The molecule has 0 bridgehead atoms. The molecule has 9 nitrogen and oxygen atoms in total. The van der Waals surface area contributed by atoms with Crippen LogP contribution < -0.4 is 15.4 Å². The maximum atomic E-state index is 13.2. The lowest BCUT2D eigenvalue weighted by molar-refractivity contribution is -0.157. The second-order valence-electron chi connectivity index (χ2n) is 11.4. The average Bonchev–Trinajstić information content (AvgIpc) is 2.87. The molecular weight excluding hydrogens is 571 g/mol. The molecule has 2 aromatic rings. The lowest BCUT2D eigenvalue weighted by atomic mass is 10.0. The van der Waals surface area contributed by atoms with Gasteiger partial charge < -0.3 is 29.4 Å². The molecular formula is C30H40Cl2N2O7. The van der Waals surface area contributed by atoms with Crippen LogP contribution in [0.5, 0.6) is 11.5 Å². The number of nitrogens with one attached hydrogen (secondary N) is 2. The Kier molecular flexibility index (Phi) is 12.9. The monoisotopic (exact) mass is 610 g/mol. The lowest BCUT2D eigenvalue weighted by Gasteiger charge is -2.28. The number of phenolic OH excluding ortho intramolecular Hbond substituents is 1. The van der Waals surface area contributed by atoms with E-state index in [2.05, 4.69) is 10.6 Å². The molecule has 0 aromatic heterocycles. The van der Waals surface area contributed by atoms with Gasteiger partial charge in [0.2, 0.25) is 0 Å². The van der Waals surface area contributed by atoms with E-state index in [0.717, 1.165) is 11.8 Å². The molecule has 0 spiro atoms. The summed E-state index contributed by atoms with van der Waals surface area (Å²) in [5.41, 5.74) is -0.594. The smallest absolute Gasteiger partial charge is 0.329 e. The van der Waals surface area contributed by atoms with Gasteiger partial charge in [0, 0.05) is 6.42 Å². The average molecular weight is 612 g/mol. The molecule has 0 aliphatic rings. The van der Waals surface area contributed by atoms with Crippen molar-refractivity contribution in [3.05, 3.63) is 57.6 Å². The van der Waals surface area contributed by atoms with Crippen LogP contribution in [0.1, 0.15) is 70.3 Å². The van der Waals surface area contributed by atoms with E-state index in [4.69, 9.17) is 37.4 Å². The zero-order valence-electron chi connectivity index (χ0n) is 24.4. The predicted molar refractivity (Wildman–Crippen MR) is 159 cm³/mol. The number of carbonyl (C=O) groups excluding carboxylic acids is 3. The topological polar surface area (TPSA) is 123 Å². The van der Waals surface area contributed by atoms with Crippen molar-refractivity contribution in [2.45, 2.75) is 84.3 Å². The summed E-state index contributed by atoms with van der Waals surface area (Å²) < 4.78 is 17.2. The summed E-state index contributed by atoms with van der Waals surface area (Å²) in [5, 5.41) is 16.2. The minimum Gasteiger partial charge on any atom is -0.505 e. The summed E-state index contributed by atoms with van der Waals surface area (Å²) >= 11 is 12.7. The number of aldehydes is 1. The highest BCUT2D eigenvalue weighted by Crippen LogP contribution is 2.42. The molecule has 1 amide bonds. The number of hydrogen-bond donors (Lipinski definition) is 3. The van der Waals surface area contributed by atoms with Crippen LogP contribution in [0.15, 0.2) is 36.4 Å². The van der Waals surface area contributed by atoms with Crippen molar-refractivity contribution in [2.75, 3.05) is 13.2 Å². The summed E-state index contributed by atoms with van der Waals surface area (Å²) in [7, 11) is 0. The van der Waals surface area contributed by atoms with Crippen molar-refractivity contribution in [3.8, 4) is 11.5 Å². The van der Waals surface area contributed by atoms with Gasteiger partial charge in [-0.2, -0.15) is 0 Å². The van der Waals surface area contributed by atoms with Crippen LogP contribution in [0.3, 0.4) is 0 Å². The fourth-order valence-electron chi connectivity index (χ4n) is 3.80. The molecule has 0 aliphatic carbocycles. The van der Waals surface area contributed by atoms with Crippen molar-refractivity contribution in [1.29, 1.82) is 0 Å². The van der Waals surface area contributed by atoms with Crippen molar-refractivity contribution < 1.29 is 33.7 Å². The van der Waals surface area contributed by atoms with E-state index in [9.17, 15) is 19.5 Å². The van der Waals surface area contributed by atoms with Crippen molar-refractivity contribution >= 4 is 41.4 Å². The third-order valence-electron chi connectivity index (χ3n) is 5.46. The van der Waals surface area contributed by atoms with Gasteiger partial charge in [-0.05, 0) is 66.0 Å². The number of benzene rings is 2. The first-order chi connectivity index (χ1) is 19.1. The predicted octanol–water partition coefficient (Wildman–Crippen LogP) is 5.47. The molecule has 0 saturated heterocycles. The zero-order valence-corrected chi connectivity index (χ0v) is 25.9. The second-order valence-corrected chi connectivity index (χ2v) is 12.2. The van der Waals surface area contributed by atoms with Crippen molar-refractivity contribution in [1.82, 2.24) is 10.6 Å². The van der Waals surface area contributed by atoms with Crippen LogP contribution in [-0.2, 0) is 25.5 Å². The number of hydrogen-bond acceptors (Lipinski definition) is 8. The molecule has 11 heteroatoms. The van der Waals surface area contributed by atoms with Crippen LogP contribution in [-0.4, -0.2) is 59.9 Å². The Morgan fingerprint density at radius 1 is 1.05 bits per heavy atom. The fourth-order valence-corrected chi connectivity index (χ4v) is 4.37. The van der Waals surface area contributed by atoms with Crippen LogP contribution in [0.25, 0.3) is 0 Å². The molecule has 1 unspecified atom stereocenters. The quantitative estimate of drug-likeness (QED) is 0.111. The number of phenols is 1. The van der Waals surface area contributed by atoms with E-state index in [1.165, 1.54) is 6.07 Å². The highest BCUT2D eigenvalue weighted by atomic mass is 35.5. The maximum absolute atomic E-state index is 13.2. The first-order valence-electron chi connectivity index (χ1n) is 13.4. The lowest BCUT2D eigenvalue weighted by Crippen LogP contribution is -2.45. The van der Waals surface area contributed by atoms with E-state index in [-0.39, 0.29) is 47.2 Å². The van der Waals surface area contributed by atoms with Gasteiger partial charge in [-0.25, -0.2) is 4.79 Å². The third kappa shape index (κ3) is 11.9. The summed E-state index contributed by atoms with van der Waals surface area (Å²) in [6.07, 6.45) is 1.60. The molecule has 0 fully saturated rings. The number of ether oxygens (including phenoxy) is 3. The normalized spacial score (nSPS) is 13.3. The molecule has 0 heterocycles. The van der Waals surface area contributed by atoms with Crippen LogP contribution in [0.2, 0.25) is 10.0 Å². The van der Waals surface area contributed by atoms with Crippen LogP contribution in [0, 0.1) is 0 Å². The number of aromatic hydroxyl groups is 1. The summed E-state index contributed by atoms with van der Waals surface area (Å²) in [6.45, 7) is 11.3. The number of carbonyl (C=O) groups is 3. The highest BCUT2D eigenvalue weighted by molar-refractivity contribution is 6.39. The Bertz CT molecular complexity index is 1180. The van der Waals surface area contributed by atoms with E-state index in [1.54, 1.807) is 20.8 Å². The van der Waals surface area contributed by atoms with Crippen molar-refractivity contribution in [2.24, 2.45) is 0 Å². The van der Waals surface area contributed by atoms with E-state index in [1.807, 2.05) is 51.1 Å². The molecule has 41 heavy (non-hydrogen) atoms. The van der Waals surface area contributed by atoms with Gasteiger partial charge in [-0.3, -0.25) is 10.1 Å². The van der Waals surface area contributed by atoms with Gasteiger partial charge in [0.05, 0.1) is 29.3 Å². The number of rotatable bonds is 14. The number of amides is 1. The highest BCUT2D eigenvalue weighted by Gasteiger charge is 2.29. The molecule has 3 N–H and O–H groups in total. The second kappa shape index (κ2) is 15.4. The van der Waals surface area contributed by atoms with E-state index in [0.29, 0.717) is 12.8 Å². The maximum Gasteiger partial charge on any atom is 0.329 e. The zero-order chi connectivity index (χ0) is 30.8. The molecule has 226 valence electrons. The van der Waals surface area contributed by atoms with Gasteiger partial charge >= 0.3 is 5.97 Å². The first-order valence-corrected chi connectivity index (χ1v) is 14.1. The van der Waals surface area contributed by atoms with Crippen LogP contribution >= 0.6 is 23.2 Å². The third-order valence-corrected chi connectivity index (χ3v) is 6.09. The van der Waals surface area contributed by atoms with Gasteiger partial charge in [-0.1, -0.05) is 53.5 Å². The Balaban J connectivity index is 2.14. The number of halogens is 2. The van der Waals surface area contributed by atoms with Gasteiger partial charge in [0.25, 0.3) is 5.91 Å². The van der Waals surface area contributed by atoms with E-state index < -0.39 is 34.9 Å². The van der Waals surface area contributed by atoms with Gasteiger partial charge in [0.15, 0.2) is 11.5 Å². The van der Waals surface area contributed by atoms with Crippen molar-refractivity contribution in [3.63, 3.8) is 0 Å². The SMILES string of the molecule is CC(C)(C)OC(=O)[C@H](Cc1ccccc1)NC(=O)c1cc(Cl)c(OCCCC(NCC=O)OC(C)(C)C)c(Cl)c1O. The Morgan fingerprint density at radius 3 is 2.29 bits per heavy atom.